The predicted molar refractivity (Wildman–Crippen MR) is 81.6 cm³/mol. The number of tetrazole rings is 1. The van der Waals surface area contributed by atoms with Crippen LogP contribution in [0.5, 0.6) is 0 Å². The van der Waals surface area contributed by atoms with Crippen LogP contribution in [0.1, 0.15) is 37.7 Å². The molecule has 122 valence electrons. The lowest BCUT2D eigenvalue weighted by molar-refractivity contribution is -0.122. The lowest BCUT2D eigenvalue weighted by atomic mass is 10.2. The summed E-state index contributed by atoms with van der Waals surface area (Å²) >= 11 is 0. The molecule has 9 heteroatoms. The summed E-state index contributed by atoms with van der Waals surface area (Å²) in [4.78, 5) is 16.4. The van der Waals surface area contributed by atoms with Gasteiger partial charge < -0.3 is 4.90 Å². The van der Waals surface area contributed by atoms with Crippen LogP contribution in [-0.2, 0) is 11.8 Å². The molecule has 0 bridgehead atoms. The van der Waals surface area contributed by atoms with Crippen LogP contribution in [0.2, 0.25) is 0 Å². The van der Waals surface area contributed by atoms with Crippen molar-refractivity contribution in [2.45, 2.75) is 31.8 Å². The standard InChI is InChI=1S/C14H20N8O/c1-10(14-16-17-18-22(14)11-3-4-11)20-5-6-21(13(23)9-20)12-7-15-19(2)8-12/h7-8,10-11H,3-6,9H2,1-2H3/t10-/m1/s1. The number of amides is 1. The fraction of sp³-hybridized carbons (Fsp3) is 0.643. The molecule has 1 amide bonds. The molecule has 1 saturated heterocycles. The van der Waals surface area contributed by atoms with Crippen LogP contribution in [0.4, 0.5) is 5.69 Å². The Hall–Kier alpha value is -2.29. The second kappa shape index (κ2) is 5.41. The zero-order valence-corrected chi connectivity index (χ0v) is 13.3. The second-order valence-electron chi connectivity index (χ2n) is 6.28. The molecular formula is C14H20N8O. The molecule has 0 radical (unpaired) electrons. The molecule has 0 aromatic carbocycles. The van der Waals surface area contributed by atoms with Crippen LogP contribution in [0.3, 0.4) is 0 Å². The van der Waals surface area contributed by atoms with Gasteiger partial charge in [-0.2, -0.15) is 5.10 Å². The average molecular weight is 316 g/mol. The fourth-order valence-corrected chi connectivity index (χ4v) is 3.06. The largest absolute Gasteiger partial charge is 0.307 e. The molecule has 0 unspecified atom stereocenters. The lowest BCUT2D eigenvalue weighted by Crippen LogP contribution is -2.51. The summed E-state index contributed by atoms with van der Waals surface area (Å²) in [6.45, 7) is 3.88. The van der Waals surface area contributed by atoms with Crippen LogP contribution >= 0.6 is 0 Å². The highest BCUT2D eigenvalue weighted by atomic mass is 16.2. The van der Waals surface area contributed by atoms with Crippen molar-refractivity contribution in [2.24, 2.45) is 7.05 Å². The third-order valence-corrected chi connectivity index (χ3v) is 4.59. The van der Waals surface area contributed by atoms with Crippen molar-refractivity contribution < 1.29 is 4.79 Å². The Morgan fingerprint density at radius 3 is 2.78 bits per heavy atom. The van der Waals surface area contributed by atoms with E-state index in [-0.39, 0.29) is 11.9 Å². The molecule has 3 heterocycles. The first-order valence-electron chi connectivity index (χ1n) is 7.94. The van der Waals surface area contributed by atoms with Gasteiger partial charge in [0.25, 0.3) is 0 Å². The van der Waals surface area contributed by atoms with Gasteiger partial charge in [-0.05, 0) is 30.2 Å². The molecule has 23 heavy (non-hydrogen) atoms. The topological polar surface area (TPSA) is 85.0 Å². The molecule has 1 saturated carbocycles. The summed E-state index contributed by atoms with van der Waals surface area (Å²) in [5.41, 5.74) is 0.854. The first-order chi connectivity index (χ1) is 11.1. The van der Waals surface area contributed by atoms with Crippen molar-refractivity contribution in [3.63, 3.8) is 0 Å². The molecule has 0 spiro atoms. The molecule has 1 aliphatic heterocycles. The number of hydrogen-bond donors (Lipinski definition) is 0. The van der Waals surface area contributed by atoms with Gasteiger partial charge in [-0.3, -0.25) is 14.4 Å². The molecule has 0 N–H and O–H groups in total. The minimum Gasteiger partial charge on any atom is -0.307 e. The number of aromatic nitrogens is 6. The number of hydrogen-bond acceptors (Lipinski definition) is 6. The monoisotopic (exact) mass is 316 g/mol. The number of piperazine rings is 1. The molecule has 1 aliphatic carbocycles. The van der Waals surface area contributed by atoms with Gasteiger partial charge >= 0.3 is 0 Å². The average Bonchev–Trinajstić information content (AvgIpc) is 3.11. The van der Waals surface area contributed by atoms with Crippen molar-refractivity contribution in [1.82, 2.24) is 34.9 Å². The summed E-state index contributed by atoms with van der Waals surface area (Å²) in [7, 11) is 1.85. The molecule has 2 aromatic rings. The zero-order valence-electron chi connectivity index (χ0n) is 13.3. The number of anilines is 1. The van der Waals surface area contributed by atoms with Crippen LogP contribution in [-0.4, -0.2) is 60.4 Å². The molecule has 2 fully saturated rings. The highest BCUT2D eigenvalue weighted by Crippen LogP contribution is 2.36. The number of carbonyl (C=O) groups excluding carboxylic acids is 1. The third kappa shape index (κ3) is 2.61. The van der Waals surface area contributed by atoms with Crippen molar-refractivity contribution in [2.75, 3.05) is 24.5 Å². The van der Waals surface area contributed by atoms with Gasteiger partial charge in [0, 0.05) is 26.3 Å². The van der Waals surface area contributed by atoms with Crippen LogP contribution < -0.4 is 4.90 Å². The summed E-state index contributed by atoms with van der Waals surface area (Å²) < 4.78 is 3.63. The minimum absolute atomic E-state index is 0.0330. The summed E-state index contributed by atoms with van der Waals surface area (Å²) in [5, 5.41) is 16.2. The first-order valence-corrected chi connectivity index (χ1v) is 7.94. The van der Waals surface area contributed by atoms with Gasteiger partial charge in [0.15, 0.2) is 5.82 Å². The van der Waals surface area contributed by atoms with Gasteiger partial charge in [0.1, 0.15) is 0 Å². The SMILES string of the molecule is C[C@H](c1nnnn1C1CC1)N1CCN(c2cnn(C)c2)C(=O)C1. The van der Waals surface area contributed by atoms with Gasteiger partial charge in [-0.25, -0.2) is 4.68 Å². The van der Waals surface area contributed by atoms with Gasteiger partial charge in [0.2, 0.25) is 5.91 Å². The van der Waals surface area contributed by atoms with E-state index in [1.165, 1.54) is 0 Å². The van der Waals surface area contributed by atoms with Gasteiger partial charge in [-0.1, -0.05) is 0 Å². The summed E-state index contributed by atoms with van der Waals surface area (Å²) in [6.07, 6.45) is 5.87. The maximum absolute atomic E-state index is 12.5. The van der Waals surface area contributed by atoms with Gasteiger partial charge in [-0.15, -0.1) is 5.10 Å². The maximum Gasteiger partial charge on any atom is 0.241 e. The Kier molecular flexibility index (Phi) is 3.37. The van der Waals surface area contributed by atoms with Crippen molar-refractivity contribution in [1.29, 1.82) is 0 Å². The number of aryl methyl sites for hydroxylation is 1. The van der Waals surface area contributed by atoms with E-state index in [2.05, 4.69) is 32.4 Å². The normalized spacial score (nSPS) is 21.0. The van der Waals surface area contributed by atoms with E-state index in [9.17, 15) is 4.79 Å². The van der Waals surface area contributed by atoms with Crippen LogP contribution in [0.15, 0.2) is 12.4 Å². The Morgan fingerprint density at radius 1 is 1.30 bits per heavy atom. The Labute approximate surface area is 133 Å². The Morgan fingerprint density at radius 2 is 2.13 bits per heavy atom. The Balaban J connectivity index is 1.47. The van der Waals surface area contributed by atoms with E-state index >= 15 is 0 Å². The van der Waals surface area contributed by atoms with Crippen molar-refractivity contribution >= 4 is 11.6 Å². The van der Waals surface area contributed by atoms with Crippen LogP contribution in [0.25, 0.3) is 0 Å². The lowest BCUT2D eigenvalue weighted by Gasteiger charge is -2.36. The van der Waals surface area contributed by atoms with E-state index in [1.54, 1.807) is 15.8 Å². The molecule has 4 rings (SSSR count). The first kappa shape index (κ1) is 14.3. The summed E-state index contributed by atoms with van der Waals surface area (Å²) in [5.74, 6) is 0.941. The van der Waals surface area contributed by atoms with Crippen molar-refractivity contribution in [3.05, 3.63) is 18.2 Å². The number of nitrogens with zero attached hydrogens (tertiary/aromatic N) is 8. The number of carbonyl (C=O) groups is 1. The zero-order chi connectivity index (χ0) is 16.0. The molecular weight excluding hydrogens is 296 g/mol. The van der Waals surface area contributed by atoms with E-state index < -0.39 is 0 Å². The molecule has 9 nitrogen and oxygen atoms in total. The fourth-order valence-electron chi connectivity index (χ4n) is 3.06. The quantitative estimate of drug-likeness (QED) is 0.798. The number of rotatable bonds is 4. The molecule has 2 aliphatic rings. The smallest absolute Gasteiger partial charge is 0.241 e. The van der Waals surface area contributed by atoms with E-state index in [4.69, 9.17) is 0 Å². The Bertz CT molecular complexity index is 718. The van der Waals surface area contributed by atoms with E-state index in [1.807, 2.05) is 17.9 Å². The third-order valence-electron chi connectivity index (χ3n) is 4.59. The maximum atomic E-state index is 12.5. The van der Waals surface area contributed by atoms with E-state index in [0.717, 1.165) is 30.9 Å². The minimum atomic E-state index is 0.0330. The van der Waals surface area contributed by atoms with Crippen LogP contribution in [0, 0.1) is 0 Å². The van der Waals surface area contributed by atoms with E-state index in [0.29, 0.717) is 19.1 Å². The van der Waals surface area contributed by atoms with Gasteiger partial charge in [0.05, 0.1) is 30.5 Å². The highest BCUT2D eigenvalue weighted by molar-refractivity contribution is 5.95. The summed E-state index contributed by atoms with van der Waals surface area (Å²) in [6, 6.07) is 0.473. The molecule has 1 atom stereocenters. The highest BCUT2D eigenvalue weighted by Gasteiger charge is 2.34. The van der Waals surface area contributed by atoms with Crippen molar-refractivity contribution in [3.8, 4) is 0 Å². The molecule has 2 aromatic heterocycles. The second-order valence-corrected chi connectivity index (χ2v) is 6.28. The predicted octanol–water partition coefficient (Wildman–Crippen LogP) is 0.151.